The van der Waals surface area contributed by atoms with Gasteiger partial charge in [-0.05, 0) is 7.05 Å². The van der Waals surface area contributed by atoms with Gasteiger partial charge < -0.3 is 5.32 Å². The Bertz CT molecular complexity index is 486. The third kappa shape index (κ3) is 2.41. The van der Waals surface area contributed by atoms with Gasteiger partial charge in [0.05, 0.1) is 12.7 Å². The molecule has 2 N–H and O–H groups in total. The van der Waals surface area contributed by atoms with Crippen molar-refractivity contribution in [2.75, 3.05) is 20.6 Å². The molecule has 0 bridgehead atoms. The summed E-state index contributed by atoms with van der Waals surface area (Å²) in [7, 11) is -0.417. The molecule has 1 aromatic heterocycles. The van der Waals surface area contributed by atoms with Crippen LogP contribution in [0.25, 0.3) is 0 Å². The van der Waals surface area contributed by atoms with Crippen LogP contribution in [0.15, 0.2) is 11.2 Å². The number of sulfonamides is 1. The summed E-state index contributed by atoms with van der Waals surface area (Å²) >= 11 is 0. The summed E-state index contributed by atoms with van der Waals surface area (Å²) in [6.45, 7) is 0.454. The number of rotatable bonds is 5. The Hall–Kier alpha value is -1.36. The van der Waals surface area contributed by atoms with E-state index in [9.17, 15) is 8.42 Å². The quantitative estimate of drug-likeness (QED) is 0.675. The van der Waals surface area contributed by atoms with Crippen LogP contribution in [0, 0.1) is 12.3 Å². The number of terminal acetylenes is 1. The Balaban J connectivity index is 3.08. The highest BCUT2D eigenvalue weighted by atomic mass is 32.2. The summed E-state index contributed by atoms with van der Waals surface area (Å²) in [5, 5.41) is 9.16. The van der Waals surface area contributed by atoms with Crippen molar-refractivity contribution >= 4 is 10.0 Å². The van der Waals surface area contributed by atoms with Crippen molar-refractivity contribution in [1.82, 2.24) is 19.8 Å². The Morgan fingerprint density at radius 3 is 2.94 bits per heavy atom. The zero-order chi connectivity index (χ0) is 12.2. The molecule has 6 nitrogen and oxygen atoms in total. The molecule has 0 radical (unpaired) electrons. The van der Waals surface area contributed by atoms with Gasteiger partial charge in [0.25, 0.3) is 10.0 Å². The molecular formula is C9H14N4O2S. The predicted molar refractivity (Wildman–Crippen MR) is 60.0 cm³/mol. The largest absolute Gasteiger partial charge is 0.316 e. The van der Waals surface area contributed by atoms with E-state index in [-0.39, 0.29) is 11.6 Å². The van der Waals surface area contributed by atoms with Gasteiger partial charge in [-0.1, -0.05) is 5.92 Å². The molecule has 0 saturated carbocycles. The highest BCUT2D eigenvalue weighted by molar-refractivity contribution is 7.89. The van der Waals surface area contributed by atoms with Crippen LogP contribution in [0.2, 0.25) is 0 Å². The smallest absolute Gasteiger partial charge is 0.260 e. The summed E-state index contributed by atoms with van der Waals surface area (Å²) in [6, 6.07) is 0. The lowest BCUT2D eigenvalue weighted by molar-refractivity contribution is 0.497. The monoisotopic (exact) mass is 242 g/mol. The van der Waals surface area contributed by atoms with Gasteiger partial charge in [0.2, 0.25) is 0 Å². The van der Waals surface area contributed by atoms with Crippen LogP contribution in [-0.2, 0) is 16.6 Å². The number of hydrogen-bond acceptors (Lipinski definition) is 4. The number of aromatic nitrogens is 2. The fraction of sp³-hybridized carbons (Fsp3) is 0.444. The zero-order valence-electron chi connectivity index (χ0n) is 9.19. The van der Waals surface area contributed by atoms with Crippen molar-refractivity contribution in [1.29, 1.82) is 0 Å². The third-order valence-electron chi connectivity index (χ3n) is 2.03. The minimum Gasteiger partial charge on any atom is -0.316 e. The van der Waals surface area contributed by atoms with Crippen LogP contribution >= 0.6 is 0 Å². The van der Waals surface area contributed by atoms with Crippen LogP contribution < -0.4 is 5.32 Å². The van der Waals surface area contributed by atoms with Gasteiger partial charge in [0.15, 0.2) is 5.03 Å². The molecule has 7 heteroatoms. The summed E-state index contributed by atoms with van der Waals surface area (Å²) in [6.07, 6.45) is 6.56. The van der Waals surface area contributed by atoms with Gasteiger partial charge in [-0.25, -0.2) is 8.42 Å². The van der Waals surface area contributed by atoms with Crippen molar-refractivity contribution in [2.24, 2.45) is 0 Å². The van der Waals surface area contributed by atoms with E-state index in [0.29, 0.717) is 12.1 Å². The van der Waals surface area contributed by atoms with Crippen molar-refractivity contribution < 1.29 is 8.42 Å². The average molecular weight is 242 g/mol. The van der Waals surface area contributed by atoms with Gasteiger partial charge in [-0.15, -0.1) is 6.42 Å². The summed E-state index contributed by atoms with van der Waals surface area (Å²) in [5.74, 6) is 2.28. The van der Waals surface area contributed by atoms with Crippen molar-refractivity contribution in [3.8, 4) is 12.3 Å². The Kier molecular flexibility index (Phi) is 4.06. The standard InChI is InChI=1S/C9H14N4O2S/c1-4-5-13(3)16(14,15)9-8(6-10-2)7-11-12-9/h1,7,10H,5-6H2,2-3H3,(H,11,12). The second kappa shape index (κ2) is 5.12. The minimum atomic E-state index is -3.58. The first kappa shape index (κ1) is 12.7. The summed E-state index contributed by atoms with van der Waals surface area (Å²) < 4.78 is 25.1. The predicted octanol–water partition coefficient (Wildman–Crippen LogP) is -0.617. The van der Waals surface area contributed by atoms with E-state index in [2.05, 4.69) is 21.4 Å². The van der Waals surface area contributed by atoms with E-state index < -0.39 is 10.0 Å². The Labute approximate surface area is 95.1 Å². The van der Waals surface area contributed by atoms with E-state index in [1.165, 1.54) is 13.2 Å². The van der Waals surface area contributed by atoms with E-state index >= 15 is 0 Å². The number of hydrogen-bond donors (Lipinski definition) is 2. The summed E-state index contributed by atoms with van der Waals surface area (Å²) in [5.41, 5.74) is 0.589. The summed E-state index contributed by atoms with van der Waals surface area (Å²) in [4.78, 5) is 0. The van der Waals surface area contributed by atoms with Crippen LogP contribution in [0.5, 0.6) is 0 Å². The number of nitrogens with one attached hydrogen (secondary N) is 2. The van der Waals surface area contributed by atoms with Crippen LogP contribution in [0.4, 0.5) is 0 Å². The molecular weight excluding hydrogens is 228 g/mol. The molecule has 0 atom stereocenters. The molecule has 0 aliphatic heterocycles. The molecule has 0 saturated heterocycles. The molecule has 0 aromatic carbocycles. The van der Waals surface area contributed by atoms with E-state index in [1.54, 1.807) is 7.05 Å². The van der Waals surface area contributed by atoms with Crippen molar-refractivity contribution in [3.63, 3.8) is 0 Å². The normalized spacial score (nSPS) is 11.6. The van der Waals surface area contributed by atoms with Gasteiger partial charge in [0.1, 0.15) is 0 Å². The Morgan fingerprint density at radius 1 is 1.69 bits per heavy atom. The fourth-order valence-electron chi connectivity index (χ4n) is 1.21. The second-order valence-electron chi connectivity index (χ2n) is 3.22. The topological polar surface area (TPSA) is 78.1 Å². The molecule has 88 valence electrons. The molecule has 0 fully saturated rings. The number of H-pyrrole nitrogens is 1. The van der Waals surface area contributed by atoms with E-state index in [0.717, 1.165) is 4.31 Å². The van der Waals surface area contributed by atoms with Gasteiger partial charge >= 0.3 is 0 Å². The maximum absolute atomic E-state index is 12.0. The second-order valence-corrected chi connectivity index (χ2v) is 5.20. The molecule has 0 aliphatic carbocycles. The highest BCUT2D eigenvalue weighted by Gasteiger charge is 2.24. The van der Waals surface area contributed by atoms with Gasteiger partial charge in [0, 0.05) is 19.2 Å². The zero-order valence-corrected chi connectivity index (χ0v) is 10.0. The molecule has 16 heavy (non-hydrogen) atoms. The average Bonchev–Trinajstić information content (AvgIpc) is 2.67. The molecule has 0 aliphatic rings. The van der Waals surface area contributed by atoms with Crippen molar-refractivity contribution in [2.45, 2.75) is 11.6 Å². The maximum atomic E-state index is 12.0. The van der Waals surface area contributed by atoms with E-state index in [1.807, 2.05) is 0 Å². The number of aromatic amines is 1. The molecule has 0 amide bonds. The lowest BCUT2D eigenvalue weighted by Crippen LogP contribution is -2.28. The lowest BCUT2D eigenvalue weighted by Gasteiger charge is -2.13. The molecule has 0 spiro atoms. The SMILES string of the molecule is C#CCN(C)S(=O)(=O)c1[nH]ncc1CNC. The highest BCUT2D eigenvalue weighted by Crippen LogP contribution is 2.15. The number of nitrogens with zero attached hydrogens (tertiary/aromatic N) is 2. The van der Waals surface area contributed by atoms with Gasteiger partial charge in [-0.3, -0.25) is 5.10 Å². The van der Waals surface area contributed by atoms with Gasteiger partial charge in [-0.2, -0.15) is 9.40 Å². The molecule has 1 rings (SSSR count). The maximum Gasteiger partial charge on any atom is 0.260 e. The Morgan fingerprint density at radius 2 is 2.38 bits per heavy atom. The molecule has 1 aromatic rings. The van der Waals surface area contributed by atoms with Crippen LogP contribution in [0.1, 0.15) is 5.56 Å². The van der Waals surface area contributed by atoms with Crippen LogP contribution in [0.3, 0.4) is 0 Å². The fourth-order valence-corrected chi connectivity index (χ4v) is 2.39. The molecule has 1 heterocycles. The van der Waals surface area contributed by atoms with Crippen molar-refractivity contribution in [3.05, 3.63) is 11.8 Å². The lowest BCUT2D eigenvalue weighted by atomic mass is 10.4. The first-order valence-corrected chi connectivity index (χ1v) is 6.04. The first-order valence-electron chi connectivity index (χ1n) is 4.60. The van der Waals surface area contributed by atoms with E-state index in [4.69, 9.17) is 6.42 Å². The molecule has 0 unspecified atom stereocenters. The third-order valence-corrected chi connectivity index (χ3v) is 3.85. The minimum absolute atomic E-state index is 0.0281. The first-order chi connectivity index (χ1) is 7.54. The van der Waals surface area contributed by atoms with Crippen LogP contribution in [-0.4, -0.2) is 43.6 Å².